The summed E-state index contributed by atoms with van der Waals surface area (Å²) in [6.45, 7) is 5.37. The molecule has 17 heavy (non-hydrogen) atoms. The van der Waals surface area contributed by atoms with Crippen LogP contribution in [0.5, 0.6) is 5.75 Å². The number of rotatable bonds is 3. The van der Waals surface area contributed by atoms with Crippen LogP contribution in [0.1, 0.15) is 41.5 Å². The summed E-state index contributed by atoms with van der Waals surface area (Å²) in [5, 5.41) is 0. The maximum absolute atomic E-state index is 11.8. The van der Waals surface area contributed by atoms with Crippen molar-refractivity contribution in [3.8, 4) is 5.75 Å². The molecule has 0 aliphatic heterocycles. The van der Waals surface area contributed by atoms with E-state index < -0.39 is 11.6 Å². The van der Waals surface area contributed by atoms with E-state index >= 15 is 0 Å². The van der Waals surface area contributed by atoms with Gasteiger partial charge in [0.1, 0.15) is 23.2 Å². The van der Waals surface area contributed by atoms with Crippen LogP contribution in [0.4, 0.5) is 0 Å². The van der Waals surface area contributed by atoms with E-state index in [0.29, 0.717) is 23.2 Å². The molecule has 0 fully saturated rings. The van der Waals surface area contributed by atoms with Gasteiger partial charge in [-0.25, -0.2) is 4.79 Å². The maximum Gasteiger partial charge on any atom is 0.342 e. The van der Waals surface area contributed by atoms with E-state index in [1.807, 2.05) is 0 Å². The monoisotopic (exact) mass is 236 g/mol. The molecule has 0 saturated heterocycles. The molecule has 0 aromatic heterocycles. The molecule has 0 bridgehead atoms. The number of methoxy groups -OCH3 is 1. The average molecular weight is 236 g/mol. The van der Waals surface area contributed by atoms with Crippen LogP contribution in [-0.2, 0) is 4.74 Å². The highest BCUT2D eigenvalue weighted by Crippen LogP contribution is 2.22. The second-order valence-corrected chi connectivity index (χ2v) is 4.58. The van der Waals surface area contributed by atoms with Crippen LogP contribution in [0.2, 0.25) is 0 Å². The summed E-state index contributed by atoms with van der Waals surface area (Å²) in [4.78, 5) is 22.5. The van der Waals surface area contributed by atoms with Crippen molar-refractivity contribution in [2.24, 2.45) is 0 Å². The smallest absolute Gasteiger partial charge is 0.342 e. The molecule has 4 nitrogen and oxygen atoms in total. The second kappa shape index (κ2) is 4.99. The van der Waals surface area contributed by atoms with E-state index in [1.165, 1.54) is 19.2 Å². The summed E-state index contributed by atoms with van der Waals surface area (Å²) in [6, 6.07) is 4.58. The highest BCUT2D eigenvalue weighted by atomic mass is 16.6. The number of hydrogen-bond donors (Lipinski definition) is 0. The van der Waals surface area contributed by atoms with Crippen LogP contribution in [0.25, 0.3) is 0 Å². The molecule has 0 atom stereocenters. The van der Waals surface area contributed by atoms with Gasteiger partial charge < -0.3 is 9.47 Å². The van der Waals surface area contributed by atoms with Crippen LogP contribution in [0.3, 0.4) is 0 Å². The van der Waals surface area contributed by atoms with Crippen molar-refractivity contribution in [2.45, 2.75) is 26.4 Å². The number of benzene rings is 1. The zero-order chi connectivity index (χ0) is 13.1. The lowest BCUT2D eigenvalue weighted by Gasteiger charge is -2.20. The molecular formula is C13H16O4. The molecule has 0 unspecified atom stereocenters. The lowest BCUT2D eigenvalue weighted by Crippen LogP contribution is -2.24. The first-order chi connectivity index (χ1) is 7.87. The van der Waals surface area contributed by atoms with E-state index in [0.717, 1.165) is 0 Å². The van der Waals surface area contributed by atoms with Gasteiger partial charge in [-0.05, 0) is 32.9 Å². The molecule has 0 N–H and O–H groups in total. The highest BCUT2D eigenvalue weighted by Gasteiger charge is 2.20. The fourth-order valence-corrected chi connectivity index (χ4v) is 1.28. The van der Waals surface area contributed by atoms with E-state index in [2.05, 4.69) is 0 Å². The van der Waals surface area contributed by atoms with Gasteiger partial charge in [0.2, 0.25) is 0 Å². The van der Waals surface area contributed by atoms with Crippen LogP contribution in [0, 0.1) is 0 Å². The number of carbonyl (C=O) groups excluding carboxylic acids is 2. The first-order valence-electron chi connectivity index (χ1n) is 5.24. The molecular weight excluding hydrogens is 220 g/mol. The third-order valence-electron chi connectivity index (χ3n) is 1.98. The minimum Gasteiger partial charge on any atom is -0.496 e. The van der Waals surface area contributed by atoms with Crippen molar-refractivity contribution in [1.82, 2.24) is 0 Å². The Hall–Kier alpha value is -1.84. The minimum absolute atomic E-state index is 0.313. The van der Waals surface area contributed by atoms with Gasteiger partial charge in [0.05, 0.1) is 7.11 Å². The summed E-state index contributed by atoms with van der Waals surface area (Å²) in [5.74, 6) is -0.129. The molecule has 0 spiro atoms. The van der Waals surface area contributed by atoms with Crippen LogP contribution < -0.4 is 4.74 Å². The fraction of sp³-hybridized carbons (Fsp3) is 0.385. The number of carbonyl (C=O) groups is 2. The average Bonchev–Trinajstić information content (AvgIpc) is 2.25. The third-order valence-corrected chi connectivity index (χ3v) is 1.98. The minimum atomic E-state index is -0.564. The largest absolute Gasteiger partial charge is 0.496 e. The zero-order valence-corrected chi connectivity index (χ0v) is 10.4. The normalized spacial score (nSPS) is 10.8. The van der Waals surface area contributed by atoms with Gasteiger partial charge in [-0.3, -0.25) is 4.79 Å². The molecule has 4 heteroatoms. The zero-order valence-electron chi connectivity index (χ0n) is 10.4. The summed E-state index contributed by atoms with van der Waals surface area (Å²) in [5.41, 5.74) is 0.202. The van der Waals surface area contributed by atoms with Crippen LogP contribution in [-0.4, -0.2) is 25.0 Å². The molecule has 0 radical (unpaired) electrons. The standard InChI is InChI=1S/C13H16O4/c1-13(2,3)17-12(15)10-6-5-9(8-14)7-11(10)16-4/h5-8H,1-4H3. The topological polar surface area (TPSA) is 52.6 Å². The Balaban J connectivity index is 3.05. The fourth-order valence-electron chi connectivity index (χ4n) is 1.28. The molecule has 0 aliphatic carbocycles. The first-order valence-corrected chi connectivity index (χ1v) is 5.24. The summed E-state index contributed by atoms with van der Waals surface area (Å²) in [7, 11) is 1.44. The molecule has 0 amide bonds. The molecule has 0 heterocycles. The predicted octanol–water partition coefficient (Wildman–Crippen LogP) is 2.46. The quantitative estimate of drug-likeness (QED) is 0.597. The summed E-state index contributed by atoms with van der Waals surface area (Å²) < 4.78 is 10.3. The Morgan fingerprint density at radius 2 is 1.94 bits per heavy atom. The molecule has 92 valence electrons. The first kappa shape index (κ1) is 13.2. The second-order valence-electron chi connectivity index (χ2n) is 4.58. The van der Waals surface area contributed by atoms with Crippen molar-refractivity contribution in [3.63, 3.8) is 0 Å². The molecule has 1 aromatic rings. The lowest BCUT2D eigenvalue weighted by molar-refractivity contribution is 0.00664. The SMILES string of the molecule is COc1cc(C=O)ccc1C(=O)OC(C)(C)C. The third kappa shape index (κ3) is 3.59. The van der Waals surface area contributed by atoms with Crippen LogP contribution in [0.15, 0.2) is 18.2 Å². The van der Waals surface area contributed by atoms with Gasteiger partial charge in [-0.15, -0.1) is 0 Å². The molecule has 0 saturated carbocycles. The molecule has 0 aliphatic rings. The number of esters is 1. The van der Waals surface area contributed by atoms with Crippen LogP contribution >= 0.6 is 0 Å². The Kier molecular flexibility index (Phi) is 3.89. The van der Waals surface area contributed by atoms with Gasteiger partial charge in [0.15, 0.2) is 0 Å². The summed E-state index contributed by atoms with van der Waals surface area (Å²) >= 11 is 0. The van der Waals surface area contributed by atoms with E-state index in [4.69, 9.17) is 9.47 Å². The number of ether oxygens (including phenoxy) is 2. The van der Waals surface area contributed by atoms with Crippen molar-refractivity contribution in [1.29, 1.82) is 0 Å². The summed E-state index contributed by atoms with van der Waals surface area (Å²) in [6.07, 6.45) is 0.696. The Morgan fingerprint density at radius 3 is 2.41 bits per heavy atom. The molecule has 1 rings (SSSR count). The Morgan fingerprint density at radius 1 is 1.29 bits per heavy atom. The molecule has 1 aromatic carbocycles. The predicted molar refractivity (Wildman–Crippen MR) is 63.6 cm³/mol. The maximum atomic E-state index is 11.8. The van der Waals surface area contributed by atoms with Gasteiger partial charge in [-0.1, -0.05) is 6.07 Å². The lowest BCUT2D eigenvalue weighted by atomic mass is 10.1. The van der Waals surface area contributed by atoms with Crippen molar-refractivity contribution >= 4 is 12.3 Å². The van der Waals surface area contributed by atoms with E-state index in [9.17, 15) is 9.59 Å². The van der Waals surface area contributed by atoms with Gasteiger partial charge >= 0.3 is 5.97 Å². The van der Waals surface area contributed by atoms with E-state index in [-0.39, 0.29) is 0 Å². The Labute approximate surface area is 101 Å². The van der Waals surface area contributed by atoms with E-state index in [1.54, 1.807) is 26.8 Å². The van der Waals surface area contributed by atoms with Crippen molar-refractivity contribution in [2.75, 3.05) is 7.11 Å². The number of hydrogen-bond acceptors (Lipinski definition) is 4. The number of aldehydes is 1. The van der Waals surface area contributed by atoms with Crippen molar-refractivity contribution < 1.29 is 19.1 Å². The van der Waals surface area contributed by atoms with Gasteiger partial charge in [0.25, 0.3) is 0 Å². The Bertz CT molecular complexity index is 430. The van der Waals surface area contributed by atoms with Crippen molar-refractivity contribution in [3.05, 3.63) is 29.3 Å². The van der Waals surface area contributed by atoms with Gasteiger partial charge in [-0.2, -0.15) is 0 Å². The highest BCUT2D eigenvalue weighted by molar-refractivity contribution is 5.94. The van der Waals surface area contributed by atoms with Gasteiger partial charge in [0, 0.05) is 5.56 Å².